The third-order valence-electron chi connectivity index (χ3n) is 5.70. The summed E-state index contributed by atoms with van der Waals surface area (Å²) in [5, 5.41) is 10.8. The highest BCUT2D eigenvalue weighted by Crippen LogP contribution is 2.45. The molecule has 0 bridgehead atoms. The van der Waals surface area contributed by atoms with Crippen LogP contribution in [0.15, 0.2) is 49.1 Å². The number of aromatic amines is 1. The van der Waals surface area contributed by atoms with Gasteiger partial charge in [-0.15, -0.1) is 10.2 Å². The van der Waals surface area contributed by atoms with Gasteiger partial charge in [0.05, 0.1) is 11.2 Å². The number of nitrogens with zero attached hydrogens (tertiary/aromatic N) is 3. The van der Waals surface area contributed by atoms with Crippen LogP contribution in [0, 0.1) is 17.5 Å². The maximum atomic E-state index is 14.4. The molecule has 0 unspecified atom stereocenters. The van der Waals surface area contributed by atoms with E-state index in [4.69, 9.17) is 0 Å². The van der Waals surface area contributed by atoms with Crippen LogP contribution < -0.4 is 5.32 Å². The van der Waals surface area contributed by atoms with Crippen LogP contribution in [0.3, 0.4) is 0 Å². The molecule has 158 valence electrons. The van der Waals surface area contributed by atoms with Crippen LogP contribution in [-0.4, -0.2) is 31.7 Å². The Labute approximate surface area is 175 Å². The van der Waals surface area contributed by atoms with Crippen molar-refractivity contribution in [2.75, 3.05) is 0 Å². The van der Waals surface area contributed by atoms with E-state index < -0.39 is 11.6 Å². The Balaban J connectivity index is 1.42. The lowest BCUT2D eigenvalue weighted by Gasteiger charge is -2.36. The second-order valence-corrected chi connectivity index (χ2v) is 7.80. The predicted molar refractivity (Wildman–Crippen MR) is 108 cm³/mol. The summed E-state index contributed by atoms with van der Waals surface area (Å²) in [5.41, 5.74) is 2.33. The summed E-state index contributed by atoms with van der Waals surface area (Å²) in [6, 6.07) is 7.98. The number of hydrogen-bond acceptors (Lipinski definition) is 3. The van der Waals surface area contributed by atoms with Crippen LogP contribution in [0.5, 0.6) is 0 Å². The zero-order valence-electron chi connectivity index (χ0n) is 16.3. The highest BCUT2D eigenvalue weighted by Gasteiger charge is 2.35. The van der Waals surface area contributed by atoms with Gasteiger partial charge in [-0.1, -0.05) is 0 Å². The Morgan fingerprint density at radius 3 is 2.48 bits per heavy atom. The van der Waals surface area contributed by atoms with Crippen LogP contribution >= 0.6 is 0 Å². The Morgan fingerprint density at radius 2 is 1.77 bits per heavy atom. The van der Waals surface area contributed by atoms with E-state index in [2.05, 4.69) is 20.5 Å². The van der Waals surface area contributed by atoms with Crippen LogP contribution in [0.25, 0.3) is 22.2 Å². The molecule has 0 saturated heterocycles. The van der Waals surface area contributed by atoms with Gasteiger partial charge in [0.15, 0.2) is 0 Å². The molecule has 1 aliphatic rings. The smallest absolute Gasteiger partial charge is 0.240 e. The quantitative estimate of drug-likeness (QED) is 0.509. The first-order valence-electron chi connectivity index (χ1n) is 9.86. The average Bonchev–Trinajstić information content (AvgIpc) is 3.33. The fraction of sp³-hybridized carbons (Fsp3) is 0.227. The first kappa shape index (κ1) is 19.3. The average molecular weight is 425 g/mol. The number of aromatic nitrogens is 4. The van der Waals surface area contributed by atoms with Crippen molar-refractivity contribution in [2.45, 2.75) is 31.3 Å². The number of carbonyl (C=O) groups excluding carboxylic acids is 1. The molecule has 9 heteroatoms. The minimum atomic E-state index is -0.678. The number of hydrogen-bond donors (Lipinski definition) is 2. The van der Waals surface area contributed by atoms with Gasteiger partial charge in [0, 0.05) is 17.5 Å². The van der Waals surface area contributed by atoms with Crippen LogP contribution in [0.1, 0.15) is 24.3 Å². The van der Waals surface area contributed by atoms with Crippen LogP contribution in [-0.2, 0) is 11.3 Å². The summed E-state index contributed by atoms with van der Waals surface area (Å²) in [7, 11) is 0. The lowest BCUT2D eigenvalue weighted by Crippen LogP contribution is -2.44. The lowest BCUT2D eigenvalue weighted by atomic mass is 9.74. The van der Waals surface area contributed by atoms with Crippen molar-refractivity contribution in [3.8, 4) is 11.3 Å². The van der Waals surface area contributed by atoms with Gasteiger partial charge >= 0.3 is 0 Å². The van der Waals surface area contributed by atoms with E-state index in [9.17, 15) is 18.0 Å². The molecule has 1 amide bonds. The number of amides is 1. The first-order valence-corrected chi connectivity index (χ1v) is 9.86. The molecule has 6 nitrogen and oxygen atoms in total. The molecule has 2 aromatic carbocycles. The maximum Gasteiger partial charge on any atom is 0.240 e. The third-order valence-corrected chi connectivity index (χ3v) is 5.70. The van der Waals surface area contributed by atoms with Gasteiger partial charge in [0.2, 0.25) is 5.91 Å². The topological polar surface area (TPSA) is 75.6 Å². The van der Waals surface area contributed by atoms with Gasteiger partial charge in [0.1, 0.15) is 36.7 Å². The number of benzene rings is 2. The van der Waals surface area contributed by atoms with Crippen molar-refractivity contribution in [3.63, 3.8) is 0 Å². The normalized spacial score (nSPS) is 18.2. The van der Waals surface area contributed by atoms with E-state index in [0.717, 1.165) is 11.6 Å². The zero-order chi connectivity index (χ0) is 21.5. The standard InChI is InChI=1S/C22H18F3N5O/c23-14-3-1-12(2-4-14)21-20(17-7-15(24)8-18(25)22(17)29-21)13-5-16(6-13)28-19(31)9-30-10-26-27-11-30/h1-4,7-8,10-11,13,16,29H,5-6,9H2,(H,28,31)/t13-,16+. The van der Waals surface area contributed by atoms with Crippen molar-refractivity contribution in [1.82, 2.24) is 25.1 Å². The Bertz CT molecular complexity index is 1240. The molecule has 4 aromatic rings. The van der Waals surface area contributed by atoms with Gasteiger partial charge in [-0.25, -0.2) is 13.2 Å². The van der Waals surface area contributed by atoms with E-state index in [1.54, 1.807) is 16.7 Å². The fourth-order valence-electron chi connectivity index (χ4n) is 4.22. The minimum Gasteiger partial charge on any atom is -0.352 e. The van der Waals surface area contributed by atoms with Crippen molar-refractivity contribution >= 4 is 16.8 Å². The van der Waals surface area contributed by atoms with Gasteiger partial charge in [-0.3, -0.25) is 4.79 Å². The molecule has 1 aliphatic carbocycles. The zero-order valence-corrected chi connectivity index (χ0v) is 16.3. The van der Waals surface area contributed by atoms with Gasteiger partial charge in [-0.05, 0) is 60.2 Å². The van der Waals surface area contributed by atoms with Crippen molar-refractivity contribution < 1.29 is 18.0 Å². The second-order valence-electron chi connectivity index (χ2n) is 7.80. The SMILES string of the molecule is O=C(Cn1cnnc1)N[C@H]1C[C@@H](c2c(-c3ccc(F)cc3)[nH]c3c(F)cc(F)cc32)C1. The number of halogens is 3. The molecule has 0 spiro atoms. The minimum absolute atomic E-state index is 0.00443. The highest BCUT2D eigenvalue weighted by molar-refractivity contribution is 5.92. The molecular weight excluding hydrogens is 407 g/mol. The molecule has 1 fully saturated rings. The molecule has 0 radical (unpaired) electrons. The molecule has 0 atom stereocenters. The number of carbonyl (C=O) groups is 1. The van der Waals surface area contributed by atoms with Crippen LogP contribution in [0.4, 0.5) is 13.2 Å². The molecule has 5 rings (SSSR count). The summed E-state index contributed by atoms with van der Waals surface area (Å²) in [4.78, 5) is 15.3. The van der Waals surface area contributed by atoms with E-state index in [1.165, 1.54) is 30.9 Å². The van der Waals surface area contributed by atoms with E-state index in [0.29, 0.717) is 29.5 Å². The number of H-pyrrole nitrogens is 1. The summed E-state index contributed by atoms with van der Waals surface area (Å²) in [6.07, 6.45) is 4.20. The first-order chi connectivity index (χ1) is 15.0. The largest absolute Gasteiger partial charge is 0.352 e. The van der Waals surface area contributed by atoms with Gasteiger partial charge in [0.25, 0.3) is 0 Å². The Hall–Kier alpha value is -3.62. The van der Waals surface area contributed by atoms with E-state index in [1.807, 2.05) is 0 Å². The number of rotatable bonds is 5. The second kappa shape index (κ2) is 7.57. The van der Waals surface area contributed by atoms with Crippen molar-refractivity contribution in [1.29, 1.82) is 0 Å². The fourth-order valence-corrected chi connectivity index (χ4v) is 4.22. The van der Waals surface area contributed by atoms with Crippen LogP contribution in [0.2, 0.25) is 0 Å². The summed E-state index contributed by atoms with van der Waals surface area (Å²) in [6.45, 7) is 0.124. The predicted octanol–water partition coefficient (Wildman–Crippen LogP) is 3.91. The number of nitrogens with one attached hydrogen (secondary N) is 2. The van der Waals surface area contributed by atoms with E-state index in [-0.39, 0.29) is 35.7 Å². The van der Waals surface area contributed by atoms with Gasteiger partial charge in [-0.2, -0.15) is 0 Å². The molecule has 31 heavy (non-hydrogen) atoms. The lowest BCUT2D eigenvalue weighted by molar-refractivity contribution is -0.123. The monoisotopic (exact) mass is 425 g/mol. The molecule has 1 saturated carbocycles. The summed E-state index contributed by atoms with van der Waals surface area (Å²) < 4.78 is 43.4. The van der Waals surface area contributed by atoms with Crippen molar-refractivity contribution in [2.24, 2.45) is 0 Å². The molecule has 2 N–H and O–H groups in total. The van der Waals surface area contributed by atoms with E-state index >= 15 is 0 Å². The Morgan fingerprint density at radius 1 is 1.06 bits per heavy atom. The molecule has 2 heterocycles. The number of fused-ring (bicyclic) bond motifs is 1. The molecular formula is C22H18F3N5O. The third kappa shape index (κ3) is 3.67. The summed E-state index contributed by atoms with van der Waals surface area (Å²) >= 11 is 0. The summed E-state index contributed by atoms with van der Waals surface area (Å²) in [5.74, 6) is -1.87. The molecule has 2 aromatic heterocycles. The van der Waals surface area contributed by atoms with Crippen molar-refractivity contribution in [3.05, 3.63) is 72.1 Å². The molecule has 0 aliphatic heterocycles. The highest BCUT2D eigenvalue weighted by atomic mass is 19.1. The van der Waals surface area contributed by atoms with Gasteiger partial charge < -0.3 is 14.9 Å². The Kier molecular flexibility index (Phi) is 4.72. The maximum absolute atomic E-state index is 14.4.